The molecule has 31 heavy (non-hydrogen) atoms. The van der Waals surface area contributed by atoms with Crippen LogP contribution in [0.15, 0.2) is 48.5 Å². The average Bonchev–Trinajstić information content (AvgIpc) is 3.15. The lowest BCUT2D eigenvalue weighted by molar-refractivity contribution is -0.143. The van der Waals surface area contributed by atoms with Gasteiger partial charge < -0.3 is 0 Å². The van der Waals surface area contributed by atoms with E-state index in [1.165, 1.54) is 24.3 Å². The summed E-state index contributed by atoms with van der Waals surface area (Å²) in [4.78, 5) is 0. The molecule has 0 N–H and O–H groups in total. The fourth-order valence-corrected chi connectivity index (χ4v) is 2.68. The summed E-state index contributed by atoms with van der Waals surface area (Å²) in [7, 11) is 0. The molecule has 0 spiro atoms. The third kappa shape index (κ3) is 4.58. The molecule has 2 aromatic carbocycles. The molecule has 0 amide bonds. The molecule has 0 saturated carbocycles. The second kappa shape index (κ2) is 7.86. The normalized spacial score (nSPS) is 12.7. The maximum atomic E-state index is 13.9. The van der Waals surface area contributed by atoms with Gasteiger partial charge in [0, 0.05) is 11.6 Å². The summed E-state index contributed by atoms with van der Waals surface area (Å²) in [6, 6.07) is 9.29. The summed E-state index contributed by atoms with van der Waals surface area (Å²) < 4.78 is 105. The minimum Gasteiger partial charge on any atom is -0.228 e. The van der Waals surface area contributed by atoms with Crippen molar-refractivity contribution in [3.05, 3.63) is 82.7 Å². The van der Waals surface area contributed by atoms with E-state index in [1.54, 1.807) is 6.07 Å². The van der Waals surface area contributed by atoms with Crippen LogP contribution >= 0.6 is 0 Å². The van der Waals surface area contributed by atoms with Crippen LogP contribution in [0.3, 0.4) is 0 Å². The molecular weight excluding hydrogens is 434 g/mol. The van der Waals surface area contributed by atoms with Gasteiger partial charge in [-0.25, -0.2) is 13.5 Å². The predicted octanol–water partition coefficient (Wildman–Crippen LogP) is 6.25. The third-order valence-electron chi connectivity index (χ3n) is 4.10. The maximum absolute atomic E-state index is 13.9. The molecule has 0 radical (unpaired) electrons. The Kier molecular flexibility index (Phi) is 5.59. The van der Waals surface area contributed by atoms with E-state index in [1.807, 2.05) is 0 Å². The van der Waals surface area contributed by atoms with Gasteiger partial charge in [-0.1, -0.05) is 24.3 Å². The number of nitriles is 1. The second-order valence-corrected chi connectivity index (χ2v) is 6.18. The van der Waals surface area contributed by atoms with E-state index in [4.69, 9.17) is 0 Å². The summed E-state index contributed by atoms with van der Waals surface area (Å²) in [6.07, 6.45) is -9.03. The lowest BCUT2D eigenvalue weighted by Gasteiger charge is -2.10. The number of halogens is 8. The minimum atomic E-state index is -5.10. The zero-order valence-corrected chi connectivity index (χ0v) is 15.1. The van der Waals surface area contributed by atoms with Gasteiger partial charge in [0.2, 0.25) is 0 Å². The molecule has 0 saturated heterocycles. The van der Waals surface area contributed by atoms with Crippen molar-refractivity contribution in [2.45, 2.75) is 12.4 Å². The van der Waals surface area contributed by atoms with E-state index in [9.17, 15) is 40.4 Å². The monoisotopic (exact) mass is 443 g/mol. The van der Waals surface area contributed by atoms with E-state index >= 15 is 0 Å². The molecule has 0 aliphatic carbocycles. The summed E-state index contributed by atoms with van der Waals surface area (Å²) in [6.45, 7) is 0. The molecule has 11 heteroatoms. The number of rotatable bonds is 3. The van der Waals surface area contributed by atoms with Crippen molar-refractivity contribution in [1.82, 2.24) is 9.78 Å². The highest BCUT2D eigenvalue weighted by atomic mass is 19.4. The van der Waals surface area contributed by atoms with E-state index in [0.29, 0.717) is 0 Å². The molecule has 0 aliphatic rings. The van der Waals surface area contributed by atoms with Gasteiger partial charge in [-0.3, -0.25) is 0 Å². The zero-order valence-electron chi connectivity index (χ0n) is 15.1. The van der Waals surface area contributed by atoms with Crippen LogP contribution in [0.4, 0.5) is 35.1 Å². The predicted molar refractivity (Wildman–Crippen MR) is 93.4 cm³/mol. The Hall–Kier alpha value is -3.68. The van der Waals surface area contributed by atoms with Gasteiger partial charge >= 0.3 is 12.4 Å². The van der Waals surface area contributed by atoms with Gasteiger partial charge in [0.15, 0.2) is 17.3 Å². The summed E-state index contributed by atoms with van der Waals surface area (Å²) in [5, 5.41) is 12.2. The smallest absolute Gasteiger partial charge is 0.228 e. The van der Waals surface area contributed by atoms with Crippen LogP contribution in [0.2, 0.25) is 0 Å². The molecule has 0 aliphatic heterocycles. The Labute approximate surface area is 169 Å². The lowest BCUT2D eigenvalue weighted by Crippen LogP contribution is -2.13. The van der Waals surface area contributed by atoms with Gasteiger partial charge in [0.25, 0.3) is 0 Å². The van der Waals surface area contributed by atoms with E-state index in [2.05, 4.69) is 5.10 Å². The number of hydrogen-bond donors (Lipinski definition) is 0. The number of alkyl halides is 6. The number of nitrogens with zero attached hydrogens (tertiary/aromatic N) is 3. The van der Waals surface area contributed by atoms with Crippen LogP contribution in [0, 0.1) is 23.0 Å². The van der Waals surface area contributed by atoms with Gasteiger partial charge in [0.1, 0.15) is 5.69 Å². The van der Waals surface area contributed by atoms with Crippen molar-refractivity contribution in [3.8, 4) is 11.8 Å². The Bertz CT molecular complexity index is 1180. The van der Waals surface area contributed by atoms with E-state index in [-0.39, 0.29) is 33.1 Å². The van der Waals surface area contributed by atoms with Crippen LogP contribution in [0.1, 0.15) is 22.5 Å². The van der Waals surface area contributed by atoms with Crippen molar-refractivity contribution < 1.29 is 35.1 Å². The average molecular weight is 443 g/mol. The van der Waals surface area contributed by atoms with Gasteiger partial charge in [0.05, 0.1) is 17.3 Å². The van der Waals surface area contributed by atoms with E-state index in [0.717, 1.165) is 24.3 Å². The highest BCUT2D eigenvalue weighted by molar-refractivity contribution is 5.89. The molecular formula is C20H9F8N3. The molecule has 3 aromatic rings. The first-order valence-corrected chi connectivity index (χ1v) is 8.33. The first kappa shape index (κ1) is 22.0. The minimum absolute atomic E-state index is 0.103. The molecule has 1 aromatic heterocycles. The number of benzene rings is 2. The molecule has 3 nitrogen and oxygen atoms in total. The van der Waals surface area contributed by atoms with Crippen molar-refractivity contribution >= 4 is 11.6 Å². The second-order valence-electron chi connectivity index (χ2n) is 6.18. The third-order valence-corrected chi connectivity index (χ3v) is 4.10. The van der Waals surface area contributed by atoms with Crippen molar-refractivity contribution in [2.75, 3.05) is 0 Å². The summed E-state index contributed by atoms with van der Waals surface area (Å²) >= 11 is 0. The highest BCUT2D eigenvalue weighted by Gasteiger charge is 2.42. The molecule has 3 rings (SSSR count). The summed E-state index contributed by atoms with van der Waals surface area (Å²) in [5.41, 5.74) is -4.04. The van der Waals surface area contributed by atoms with Gasteiger partial charge in [-0.15, -0.1) is 0 Å². The van der Waals surface area contributed by atoms with Gasteiger partial charge in [-0.05, 0) is 29.8 Å². The van der Waals surface area contributed by atoms with E-state index < -0.39 is 35.4 Å². The van der Waals surface area contributed by atoms with Crippen molar-refractivity contribution in [1.29, 1.82) is 5.26 Å². The maximum Gasteiger partial charge on any atom is 0.435 e. The topological polar surface area (TPSA) is 41.6 Å². The van der Waals surface area contributed by atoms with Crippen molar-refractivity contribution in [3.63, 3.8) is 0 Å². The first-order valence-electron chi connectivity index (χ1n) is 8.33. The Morgan fingerprint density at radius 3 is 2.13 bits per heavy atom. The number of hydrogen-bond acceptors (Lipinski definition) is 2. The zero-order chi connectivity index (χ0) is 23.0. The molecule has 0 fully saturated rings. The SMILES string of the molecule is N#C/C(=C\c1ccc(-n2nc(C(F)(F)F)cc2C(F)(F)F)cc1)c1cccc(F)c1F. The van der Waals surface area contributed by atoms with Crippen LogP contribution in [0.25, 0.3) is 17.3 Å². The Morgan fingerprint density at radius 1 is 0.935 bits per heavy atom. The molecule has 0 atom stereocenters. The quantitative estimate of drug-likeness (QED) is 0.273. The fourth-order valence-electron chi connectivity index (χ4n) is 2.68. The van der Waals surface area contributed by atoms with Crippen LogP contribution in [0.5, 0.6) is 0 Å². The largest absolute Gasteiger partial charge is 0.435 e. The Balaban J connectivity index is 2.02. The first-order chi connectivity index (χ1) is 14.4. The standard InChI is InChI=1S/C20H9F8N3/c21-15-3-1-2-14(18(15)22)12(10-29)8-11-4-6-13(7-5-11)31-17(20(26,27)28)9-16(30-31)19(23,24)25/h1-9H/b12-8+. The van der Waals surface area contributed by atoms with Crippen LogP contribution in [-0.4, -0.2) is 9.78 Å². The van der Waals surface area contributed by atoms with Crippen LogP contribution in [-0.2, 0) is 12.4 Å². The molecule has 0 bridgehead atoms. The number of allylic oxidation sites excluding steroid dienone is 1. The number of aromatic nitrogens is 2. The highest BCUT2D eigenvalue weighted by Crippen LogP contribution is 2.36. The Morgan fingerprint density at radius 2 is 1.58 bits per heavy atom. The lowest BCUT2D eigenvalue weighted by atomic mass is 10.0. The molecule has 0 unspecified atom stereocenters. The van der Waals surface area contributed by atoms with Crippen LogP contribution < -0.4 is 0 Å². The fraction of sp³-hybridized carbons (Fsp3) is 0.100. The molecule has 160 valence electrons. The van der Waals surface area contributed by atoms with Gasteiger partial charge in [-0.2, -0.15) is 36.7 Å². The summed E-state index contributed by atoms with van der Waals surface area (Å²) in [5.74, 6) is -2.43. The molecule has 1 heterocycles. The van der Waals surface area contributed by atoms with Crippen molar-refractivity contribution in [2.24, 2.45) is 0 Å².